The van der Waals surface area contributed by atoms with Crippen LogP contribution in [0.15, 0.2) is 35.6 Å². The molecular formula is C22H21F2N7O2. The molecule has 4 heterocycles. The van der Waals surface area contributed by atoms with Gasteiger partial charge in [-0.3, -0.25) is 9.88 Å². The van der Waals surface area contributed by atoms with Crippen molar-refractivity contribution in [2.75, 3.05) is 26.3 Å². The summed E-state index contributed by atoms with van der Waals surface area (Å²) in [7, 11) is 0. The number of benzene rings is 1. The number of hydrogen-bond donors (Lipinski definition) is 1. The van der Waals surface area contributed by atoms with Crippen molar-refractivity contribution >= 4 is 22.3 Å². The number of fused-ring (bicyclic) bond motifs is 2. The Balaban J connectivity index is 1.51. The number of hydrogen-bond acceptors (Lipinski definition) is 8. The summed E-state index contributed by atoms with van der Waals surface area (Å²) in [6.07, 6.45) is 1.49. The molecule has 5 rings (SSSR count). The number of ether oxygens (including phenoxy) is 1. The standard InChI is InChI=1S/C22H21F2N7O2/c1-13(29-32)18-2-3-20-26-27-21(31(20)28-18)9-15-17(23)10-19-16(22(15)24)8-14(11-25-19)12-30-4-6-33-7-5-30/h2-3,8,10-11,32H,4-7,9,12H2,1H3/b29-13+. The van der Waals surface area contributed by atoms with Crippen molar-refractivity contribution < 1.29 is 18.7 Å². The van der Waals surface area contributed by atoms with Crippen molar-refractivity contribution in [3.63, 3.8) is 0 Å². The van der Waals surface area contributed by atoms with E-state index < -0.39 is 11.6 Å². The Morgan fingerprint density at radius 1 is 1.18 bits per heavy atom. The van der Waals surface area contributed by atoms with Crippen molar-refractivity contribution in [1.82, 2.24) is 29.7 Å². The van der Waals surface area contributed by atoms with Gasteiger partial charge in [0.25, 0.3) is 0 Å². The monoisotopic (exact) mass is 453 g/mol. The van der Waals surface area contributed by atoms with E-state index in [1.807, 2.05) is 0 Å². The molecule has 0 unspecified atom stereocenters. The molecule has 0 atom stereocenters. The van der Waals surface area contributed by atoms with E-state index in [-0.39, 0.29) is 28.7 Å². The number of oxime groups is 1. The van der Waals surface area contributed by atoms with Crippen LogP contribution in [0.1, 0.15) is 29.6 Å². The molecule has 1 saturated heterocycles. The molecule has 0 radical (unpaired) electrons. The van der Waals surface area contributed by atoms with Crippen LogP contribution in [0.5, 0.6) is 0 Å². The maximum absolute atomic E-state index is 15.5. The van der Waals surface area contributed by atoms with Gasteiger partial charge in [-0.25, -0.2) is 8.78 Å². The second kappa shape index (κ2) is 8.75. The van der Waals surface area contributed by atoms with Crippen LogP contribution < -0.4 is 0 Å². The number of morpholine rings is 1. The van der Waals surface area contributed by atoms with Crippen molar-refractivity contribution in [2.24, 2.45) is 5.16 Å². The lowest BCUT2D eigenvalue weighted by molar-refractivity contribution is 0.0341. The molecule has 0 aliphatic carbocycles. The van der Waals surface area contributed by atoms with Gasteiger partial charge in [0.15, 0.2) is 11.5 Å². The van der Waals surface area contributed by atoms with Crippen LogP contribution in [0, 0.1) is 11.6 Å². The Bertz CT molecular complexity index is 1370. The largest absolute Gasteiger partial charge is 0.411 e. The molecule has 1 aliphatic rings. The summed E-state index contributed by atoms with van der Waals surface area (Å²) in [5.41, 5.74) is 2.05. The highest BCUT2D eigenvalue weighted by Gasteiger charge is 2.20. The molecule has 0 saturated carbocycles. The van der Waals surface area contributed by atoms with E-state index in [9.17, 15) is 4.39 Å². The third kappa shape index (κ3) is 4.12. The first-order chi connectivity index (χ1) is 16.0. The van der Waals surface area contributed by atoms with Gasteiger partial charge in [-0.2, -0.15) is 9.61 Å². The summed E-state index contributed by atoms with van der Waals surface area (Å²) in [6.45, 7) is 5.12. The fourth-order valence-corrected chi connectivity index (χ4v) is 3.90. The molecule has 33 heavy (non-hydrogen) atoms. The van der Waals surface area contributed by atoms with Gasteiger partial charge in [0.2, 0.25) is 0 Å². The predicted octanol–water partition coefficient (Wildman–Crippen LogP) is 2.57. The average molecular weight is 453 g/mol. The van der Waals surface area contributed by atoms with Gasteiger partial charge in [0.05, 0.1) is 18.7 Å². The Morgan fingerprint density at radius 3 is 2.79 bits per heavy atom. The summed E-state index contributed by atoms with van der Waals surface area (Å²) in [6, 6.07) is 6.22. The Morgan fingerprint density at radius 2 is 2.00 bits per heavy atom. The molecule has 11 heteroatoms. The number of rotatable bonds is 5. The van der Waals surface area contributed by atoms with Crippen molar-refractivity contribution in [1.29, 1.82) is 0 Å². The molecule has 0 bridgehead atoms. The third-order valence-corrected chi connectivity index (χ3v) is 5.72. The van der Waals surface area contributed by atoms with E-state index in [0.717, 1.165) is 18.7 Å². The summed E-state index contributed by atoms with van der Waals surface area (Å²) in [4.78, 5) is 6.48. The topological polar surface area (TPSA) is 101 Å². The molecule has 9 nitrogen and oxygen atoms in total. The number of aromatic nitrogens is 5. The third-order valence-electron chi connectivity index (χ3n) is 5.72. The molecule has 3 aromatic heterocycles. The Hall–Kier alpha value is -3.57. The molecule has 1 aliphatic heterocycles. The van der Waals surface area contributed by atoms with Gasteiger partial charge in [-0.1, -0.05) is 5.16 Å². The molecule has 170 valence electrons. The second-order valence-corrected chi connectivity index (χ2v) is 7.92. The van der Waals surface area contributed by atoms with Crippen LogP contribution in [0.3, 0.4) is 0 Å². The highest BCUT2D eigenvalue weighted by molar-refractivity contribution is 5.96. The molecule has 4 aromatic rings. The molecular weight excluding hydrogens is 432 g/mol. The number of halogens is 2. The smallest absolute Gasteiger partial charge is 0.177 e. The van der Waals surface area contributed by atoms with Crippen LogP contribution in [-0.4, -0.2) is 66.9 Å². The quantitative estimate of drug-likeness (QED) is 0.282. The maximum Gasteiger partial charge on any atom is 0.177 e. The Kier molecular flexibility index (Phi) is 5.65. The minimum absolute atomic E-state index is 0.137. The summed E-state index contributed by atoms with van der Waals surface area (Å²) in [5, 5.41) is 24.8. The highest BCUT2D eigenvalue weighted by Crippen LogP contribution is 2.26. The van der Waals surface area contributed by atoms with Gasteiger partial charge in [0, 0.05) is 49.3 Å². The van der Waals surface area contributed by atoms with Crippen LogP contribution >= 0.6 is 0 Å². The van der Waals surface area contributed by atoms with Gasteiger partial charge in [0.1, 0.15) is 23.0 Å². The lowest BCUT2D eigenvalue weighted by Gasteiger charge is -2.26. The first-order valence-electron chi connectivity index (χ1n) is 10.5. The summed E-state index contributed by atoms with van der Waals surface area (Å²) >= 11 is 0. The lowest BCUT2D eigenvalue weighted by Crippen LogP contribution is -2.35. The zero-order valence-electron chi connectivity index (χ0n) is 17.9. The SMILES string of the molecule is C/C(=N\O)c1ccc2nnc(Cc3c(F)cc4ncc(CN5CCOCC5)cc4c3F)n2n1. The highest BCUT2D eigenvalue weighted by atomic mass is 19.1. The van der Waals surface area contributed by atoms with Crippen molar-refractivity contribution in [3.8, 4) is 0 Å². The normalized spacial score (nSPS) is 15.5. The lowest BCUT2D eigenvalue weighted by atomic mass is 10.0. The van der Waals surface area contributed by atoms with Crippen molar-refractivity contribution in [3.05, 3.63) is 64.7 Å². The van der Waals surface area contributed by atoms with E-state index in [4.69, 9.17) is 9.94 Å². The molecule has 1 fully saturated rings. The zero-order valence-corrected chi connectivity index (χ0v) is 17.9. The van der Waals surface area contributed by atoms with Crippen LogP contribution in [0.4, 0.5) is 8.78 Å². The van der Waals surface area contributed by atoms with E-state index in [0.29, 0.717) is 36.8 Å². The number of pyridine rings is 1. The molecule has 1 aromatic carbocycles. The maximum atomic E-state index is 15.5. The van der Waals surface area contributed by atoms with E-state index in [1.165, 1.54) is 10.6 Å². The molecule has 1 N–H and O–H groups in total. The molecule has 0 amide bonds. The van der Waals surface area contributed by atoms with Crippen LogP contribution in [0.25, 0.3) is 16.6 Å². The van der Waals surface area contributed by atoms with Crippen LogP contribution in [0.2, 0.25) is 0 Å². The minimum atomic E-state index is -0.713. The zero-order chi connectivity index (χ0) is 22.9. The van der Waals surface area contributed by atoms with Gasteiger partial charge < -0.3 is 9.94 Å². The van der Waals surface area contributed by atoms with Crippen LogP contribution in [-0.2, 0) is 17.7 Å². The van der Waals surface area contributed by atoms with Gasteiger partial charge in [-0.05, 0) is 30.7 Å². The second-order valence-electron chi connectivity index (χ2n) is 7.92. The average Bonchev–Trinajstić information content (AvgIpc) is 3.24. The van der Waals surface area contributed by atoms with Gasteiger partial charge >= 0.3 is 0 Å². The predicted molar refractivity (Wildman–Crippen MR) is 115 cm³/mol. The van der Waals surface area contributed by atoms with Gasteiger partial charge in [-0.15, -0.1) is 10.2 Å². The number of nitrogens with zero attached hydrogens (tertiary/aromatic N) is 7. The summed E-state index contributed by atoms with van der Waals surface area (Å²) < 4.78 is 37.1. The summed E-state index contributed by atoms with van der Waals surface area (Å²) in [5.74, 6) is -1.14. The van der Waals surface area contributed by atoms with E-state index in [2.05, 4.69) is 30.3 Å². The van der Waals surface area contributed by atoms with Crippen molar-refractivity contribution in [2.45, 2.75) is 19.9 Å². The van der Waals surface area contributed by atoms with E-state index in [1.54, 1.807) is 31.3 Å². The minimum Gasteiger partial charge on any atom is -0.411 e. The Labute approximate surface area is 187 Å². The first-order valence-corrected chi connectivity index (χ1v) is 10.5. The fourth-order valence-electron chi connectivity index (χ4n) is 3.90. The van der Waals surface area contributed by atoms with E-state index >= 15 is 4.39 Å². The first kappa shape index (κ1) is 21.3. The molecule has 0 spiro atoms. The fraction of sp³-hybridized carbons (Fsp3) is 0.318.